The monoisotopic (exact) mass is 497 g/mol. The van der Waals surface area contributed by atoms with Crippen LogP contribution in [0, 0.1) is 0 Å². The fourth-order valence-electron chi connectivity index (χ4n) is 4.34. The summed E-state index contributed by atoms with van der Waals surface area (Å²) in [5.74, 6) is 0.780. The number of carbonyl (C=O) groups excluding carboxylic acids is 1. The Labute approximate surface area is 205 Å². The van der Waals surface area contributed by atoms with Gasteiger partial charge >= 0.3 is 6.03 Å². The minimum absolute atomic E-state index is 0.109. The van der Waals surface area contributed by atoms with Gasteiger partial charge in [0.25, 0.3) is 0 Å². The van der Waals surface area contributed by atoms with Gasteiger partial charge in [0.1, 0.15) is 18.9 Å². The summed E-state index contributed by atoms with van der Waals surface area (Å²) in [4.78, 5) is 26.1. The van der Waals surface area contributed by atoms with Crippen LogP contribution in [0.15, 0.2) is 36.8 Å². The number of anilines is 3. The van der Waals surface area contributed by atoms with Crippen molar-refractivity contribution in [3.05, 3.63) is 41.8 Å². The number of fused-ring (bicyclic) bond motifs is 3. The molecule has 12 heteroatoms. The van der Waals surface area contributed by atoms with Crippen molar-refractivity contribution in [2.24, 2.45) is 0 Å². The number of nitrogens with one attached hydrogen (secondary N) is 1. The maximum absolute atomic E-state index is 13.4. The number of nitrogens with zero attached hydrogens (tertiary/aromatic N) is 6. The van der Waals surface area contributed by atoms with E-state index in [1.807, 2.05) is 16.9 Å². The fraction of sp³-hybridized carbons (Fsp3) is 0.391. The Morgan fingerprint density at radius 3 is 2.91 bits per heavy atom. The minimum Gasteiger partial charge on any atom is -0.475 e. The lowest BCUT2D eigenvalue weighted by Crippen LogP contribution is -2.56. The number of rotatable bonds is 7. The summed E-state index contributed by atoms with van der Waals surface area (Å²) in [5.41, 5.74) is 2.73. The van der Waals surface area contributed by atoms with Gasteiger partial charge in [-0.2, -0.15) is 5.10 Å². The van der Waals surface area contributed by atoms with E-state index in [-0.39, 0.29) is 24.7 Å². The second-order valence-corrected chi connectivity index (χ2v) is 9.30. The van der Waals surface area contributed by atoms with Crippen LogP contribution in [0.4, 0.5) is 22.0 Å². The highest BCUT2D eigenvalue weighted by molar-refractivity contribution is 6.33. The van der Waals surface area contributed by atoms with Gasteiger partial charge < -0.3 is 25.2 Å². The summed E-state index contributed by atoms with van der Waals surface area (Å²) >= 11 is 6.62. The molecule has 182 valence electrons. The van der Waals surface area contributed by atoms with Gasteiger partial charge in [0.05, 0.1) is 35.2 Å². The first-order valence-electron chi connectivity index (χ1n) is 11.5. The van der Waals surface area contributed by atoms with Crippen molar-refractivity contribution in [1.29, 1.82) is 0 Å². The molecule has 6 rings (SSSR count). The molecule has 11 nitrogen and oxygen atoms in total. The van der Waals surface area contributed by atoms with Crippen LogP contribution in [0.1, 0.15) is 25.3 Å². The highest BCUT2D eigenvalue weighted by Gasteiger charge is 2.46. The zero-order valence-corrected chi connectivity index (χ0v) is 19.5. The number of hydrogen-bond acceptors (Lipinski definition) is 8. The molecule has 3 aromatic heterocycles. The molecule has 0 bridgehead atoms. The Balaban J connectivity index is 1.25. The zero-order chi connectivity index (χ0) is 24.1. The summed E-state index contributed by atoms with van der Waals surface area (Å²) in [7, 11) is 0. The van der Waals surface area contributed by atoms with Gasteiger partial charge in [-0.1, -0.05) is 11.6 Å². The Morgan fingerprint density at radius 2 is 2.17 bits per heavy atom. The van der Waals surface area contributed by atoms with Crippen molar-refractivity contribution in [2.45, 2.75) is 37.6 Å². The molecule has 2 fully saturated rings. The third-order valence-electron chi connectivity index (χ3n) is 6.40. The van der Waals surface area contributed by atoms with E-state index in [2.05, 4.69) is 20.3 Å². The lowest BCUT2D eigenvalue weighted by Gasteiger charge is -2.39. The number of aromatic nitrogens is 4. The Morgan fingerprint density at radius 1 is 1.31 bits per heavy atom. The number of aliphatic hydroxyl groups excluding tert-OH is 2. The SMILES string of the molecule is O=C(Nc1ccnc(OC[C@@H](O)CO)c1)N1c2nc(-c3cnn(C4CC4)c3)c(Cl)cc2N2CC[C@@H]21. The summed E-state index contributed by atoms with van der Waals surface area (Å²) in [6.45, 7) is 0.296. The normalized spacial score (nSPS) is 19.1. The summed E-state index contributed by atoms with van der Waals surface area (Å²) < 4.78 is 7.33. The number of hydrogen-bond donors (Lipinski definition) is 3. The van der Waals surface area contributed by atoms with E-state index in [1.54, 1.807) is 23.2 Å². The zero-order valence-electron chi connectivity index (χ0n) is 18.7. The van der Waals surface area contributed by atoms with E-state index < -0.39 is 12.7 Å². The summed E-state index contributed by atoms with van der Waals surface area (Å²) in [5, 5.41) is 26.3. The van der Waals surface area contributed by atoms with Crippen molar-refractivity contribution < 1.29 is 19.7 Å². The second kappa shape index (κ2) is 8.67. The van der Waals surface area contributed by atoms with E-state index in [1.165, 1.54) is 6.20 Å². The van der Waals surface area contributed by atoms with Crippen LogP contribution in [0.5, 0.6) is 5.88 Å². The predicted molar refractivity (Wildman–Crippen MR) is 129 cm³/mol. The first kappa shape index (κ1) is 22.1. The second-order valence-electron chi connectivity index (χ2n) is 8.89. The average molecular weight is 498 g/mol. The number of carbonyl (C=O) groups is 1. The molecule has 5 heterocycles. The molecule has 1 saturated heterocycles. The molecule has 1 saturated carbocycles. The van der Waals surface area contributed by atoms with Gasteiger partial charge in [0.15, 0.2) is 5.82 Å². The molecule has 3 aliphatic rings. The van der Waals surface area contributed by atoms with Gasteiger partial charge in [-0.3, -0.25) is 9.58 Å². The van der Waals surface area contributed by atoms with Crippen LogP contribution >= 0.6 is 11.6 Å². The van der Waals surface area contributed by atoms with Crippen molar-refractivity contribution in [3.63, 3.8) is 0 Å². The van der Waals surface area contributed by atoms with Crippen molar-refractivity contribution in [2.75, 3.05) is 34.9 Å². The lowest BCUT2D eigenvalue weighted by atomic mass is 10.1. The third-order valence-corrected chi connectivity index (χ3v) is 6.68. The van der Waals surface area contributed by atoms with Gasteiger partial charge in [0.2, 0.25) is 5.88 Å². The first-order valence-corrected chi connectivity index (χ1v) is 11.9. The molecule has 2 aliphatic heterocycles. The van der Waals surface area contributed by atoms with Gasteiger partial charge in [0, 0.05) is 42.7 Å². The molecule has 0 radical (unpaired) electrons. The topological polar surface area (TPSA) is 129 Å². The van der Waals surface area contributed by atoms with E-state index in [4.69, 9.17) is 26.4 Å². The molecular weight excluding hydrogens is 474 g/mol. The van der Waals surface area contributed by atoms with Crippen LogP contribution in [0.3, 0.4) is 0 Å². The van der Waals surface area contributed by atoms with Crippen LogP contribution in [-0.2, 0) is 0 Å². The number of urea groups is 1. The number of halogens is 1. The summed E-state index contributed by atoms with van der Waals surface area (Å²) in [6.07, 6.45) is 7.15. The van der Waals surface area contributed by atoms with E-state index >= 15 is 0 Å². The minimum atomic E-state index is -1.01. The summed E-state index contributed by atoms with van der Waals surface area (Å²) in [6, 6.07) is 5.20. The Kier molecular flexibility index (Phi) is 5.47. The quantitative estimate of drug-likeness (QED) is 0.454. The molecular formula is C23H24ClN7O4. The van der Waals surface area contributed by atoms with E-state index in [0.717, 1.165) is 37.1 Å². The number of aliphatic hydroxyl groups is 2. The Hall–Kier alpha value is -3.41. The number of amides is 2. The molecule has 0 aromatic carbocycles. The fourth-order valence-corrected chi connectivity index (χ4v) is 4.59. The van der Waals surface area contributed by atoms with E-state index in [9.17, 15) is 9.90 Å². The van der Waals surface area contributed by atoms with Gasteiger partial charge in [-0.05, 0) is 25.0 Å². The van der Waals surface area contributed by atoms with Crippen LogP contribution in [0.2, 0.25) is 5.02 Å². The highest BCUT2D eigenvalue weighted by Crippen LogP contribution is 2.47. The van der Waals surface area contributed by atoms with Gasteiger partial charge in [-0.15, -0.1) is 0 Å². The third kappa shape index (κ3) is 4.05. The van der Waals surface area contributed by atoms with Crippen LogP contribution in [0.25, 0.3) is 11.3 Å². The molecule has 3 aromatic rings. The van der Waals surface area contributed by atoms with Crippen LogP contribution < -0.4 is 19.9 Å². The molecule has 3 N–H and O–H groups in total. The average Bonchev–Trinajstić information content (AvgIpc) is 3.52. The van der Waals surface area contributed by atoms with Crippen LogP contribution in [-0.4, -0.2) is 68.0 Å². The first-order chi connectivity index (χ1) is 17.0. The molecule has 1 aliphatic carbocycles. The number of ether oxygens (including phenoxy) is 1. The van der Waals surface area contributed by atoms with Gasteiger partial charge in [-0.25, -0.2) is 14.8 Å². The van der Waals surface area contributed by atoms with Crippen molar-refractivity contribution in [3.8, 4) is 17.1 Å². The predicted octanol–water partition coefficient (Wildman–Crippen LogP) is 2.65. The number of pyridine rings is 2. The van der Waals surface area contributed by atoms with Crippen molar-refractivity contribution >= 4 is 34.8 Å². The standard InChI is InChI=1S/C23H24ClN7O4/c24-17-8-18-22(28-21(17)13-9-26-30(10-13)15-1-2-15)31(20-4-6-29(18)20)23(34)27-14-3-5-25-19(7-14)35-12-16(33)11-32/h3,5,7-10,15-16,20,32-33H,1-2,4,6,11-12H2,(H,25,27,34)/t16-,20-/m0/s1. The highest BCUT2D eigenvalue weighted by atomic mass is 35.5. The lowest BCUT2D eigenvalue weighted by molar-refractivity contribution is 0.0521. The maximum Gasteiger partial charge on any atom is 0.329 e. The smallest absolute Gasteiger partial charge is 0.329 e. The molecule has 2 atom stereocenters. The van der Waals surface area contributed by atoms with Crippen molar-refractivity contribution in [1.82, 2.24) is 19.7 Å². The maximum atomic E-state index is 13.4. The molecule has 0 spiro atoms. The molecule has 0 unspecified atom stereocenters. The Bertz CT molecular complexity index is 1280. The molecule has 2 amide bonds. The molecule has 35 heavy (non-hydrogen) atoms. The largest absolute Gasteiger partial charge is 0.475 e. The van der Waals surface area contributed by atoms with E-state index in [0.29, 0.717) is 28.3 Å².